The Balaban J connectivity index is 2.87. The molecule has 0 spiro atoms. The largest absolute Gasteiger partial charge is 0.507 e. The van der Waals surface area contributed by atoms with Crippen molar-refractivity contribution < 1.29 is 14.3 Å². The number of benzene rings is 1. The Bertz CT molecular complexity index is 412. The molecule has 18 heavy (non-hydrogen) atoms. The van der Waals surface area contributed by atoms with E-state index in [1.54, 1.807) is 4.90 Å². The summed E-state index contributed by atoms with van der Waals surface area (Å²) in [4.78, 5) is 13.9. The van der Waals surface area contributed by atoms with E-state index >= 15 is 0 Å². The van der Waals surface area contributed by atoms with Gasteiger partial charge in [0.05, 0.1) is 5.56 Å². The second kappa shape index (κ2) is 7.36. The molecule has 1 N–H and O–H groups in total. The van der Waals surface area contributed by atoms with Crippen molar-refractivity contribution in [2.24, 2.45) is 0 Å². The first kappa shape index (κ1) is 15.0. The van der Waals surface area contributed by atoms with Gasteiger partial charge in [-0.1, -0.05) is 29.3 Å². The van der Waals surface area contributed by atoms with Crippen molar-refractivity contribution in [3.63, 3.8) is 0 Å². The van der Waals surface area contributed by atoms with Gasteiger partial charge in [-0.3, -0.25) is 4.79 Å². The fraction of sp³-hybridized carbons (Fsp3) is 0.462. The second-order valence-corrected chi connectivity index (χ2v) is 4.79. The van der Waals surface area contributed by atoms with Gasteiger partial charge in [-0.25, -0.2) is 4.39 Å². The second-order valence-electron chi connectivity index (χ2n) is 4.00. The van der Waals surface area contributed by atoms with Crippen LogP contribution < -0.4 is 0 Å². The molecule has 1 aromatic carbocycles. The van der Waals surface area contributed by atoms with Crippen LogP contribution in [-0.2, 0) is 0 Å². The maximum atomic E-state index is 12.9. The topological polar surface area (TPSA) is 40.5 Å². The lowest BCUT2D eigenvalue weighted by Gasteiger charge is -2.22. The molecule has 0 atom stereocenters. The lowest BCUT2D eigenvalue weighted by molar-refractivity contribution is 0.0761. The molecule has 5 heteroatoms. The number of amides is 1. The summed E-state index contributed by atoms with van der Waals surface area (Å²) >= 11 is 3.30. The van der Waals surface area contributed by atoms with Crippen molar-refractivity contribution in [2.45, 2.75) is 19.8 Å². The summed E-state index contributed by atoms with van der Waals surface area (Å²) in [6.45, 7) is 3.25. The molecule has 1 aromatic rings. The van der Waals surface area contributed by atoms with Gasteiger partial charge >= 0.3 is 0 Å². The molecule has 0 aromatic heterocycles. The third-order valence-electron chi connectivity index (χ3n) is 2.61. The maximum Gasteiger partial charge on any atom is 0.257 e. The van der Waals surface area contributed by atoms with E-state index in [1.807, 2.05) is 6.92 Å². The van der Waals surface area contributed by atoms with Crippen LogP contribution in [0.5, 0.6) is 5.75 Å². The van der Waals surface area contributed by atoms with E-state index in [-0.39, 0.29) is 17.2 Å². The molecule has 0 heterocycles. The quantitative estimate of drug-likeness (QED) is 0.819. The summed E-state index contributed by atoms with van der Waals surface area (Å²) in [5, 5.41) is 10.3. The van der Waals surface area contributed by atoms with Crippen molar-refractivity contribution in [3.8, 4) is 5.75 Å². The van der Waals surface area contributed by atoms with E-state index in [2.05, 4.69) is 15.9 Å². The predicted octanol–water partition coefficient (Wildman–Crippen LogP) is 3.17. The van der Waals surface area contributed by atoms with Crippen LogP contribution in [0.15, 0.2) is 18.2 Å². The molecule has 0 aliphatic rings. The molecule has 0 bridgehead atoms. The van der Waals surface area contributed by atoms with Gasteiger partial charge in [-0.15, -0.1) is 0 Å². The van der Waals surface area contributed by atoms with Gasteiger partial charge in [-0.2, -0.15) is 0 Å². The monoisotopic (exact) mass is 317 g/mol. The zero-order valence-electron chi connectivity index (χ0n) is 10.3. The highest BCUT2D eigenvalue weighted by Gasteiger charge is 2.18. The fourth-order valence-corrected chi connectivity index (χ4v) is 2.05. The van der Waals surface area contributed by atoms with Crippen LogP contribution in [0, 0.1) is 5.82 Å². The third kappa shape index (κ3) is 3.98. The van der Waals surface area contributed by atoms with E-state index in [9.17, 15) is 14.3 Å². The zero-order valence-corrected chi connectivity index (χ0v) is 11.9. The van der Waals surface area contributed by atoms with Crippen LogP contribution in [0.3, 0.4) is 0 Å². The number of phenols is 1. The number of hydrogen-bond donors (Lipinski definition) is 1. The minimum absolute atomic E-state index is 0.147. The minimum Gasteiger partial charge on any atom is -0.507 e. The van der Waals surface area contributed by atoms with Gasteiger partial charge in [0.1, 0.15) is 11.6 Å². The van der Waals surface area contributed by atoms with E-state index in [1.165, 1.54) is 12.1 Å². The number of carbonyl (C=O) groups is 1. The normalized spacial score (nSPS) is 10.4. The highest BCUT2D eigenvalue weighted by Crippen LogP contribution is 2.20. The van der Waals surface area contributed by atoms with Crippen molar-refractivity contribution >= 4 is 21.8 Å². The Labute approximate surface area is 115 Å². The van der Waals surface area contributed by atoms with E-state index in [0.717, 1.165) is 18.9 Å². The Hall–Kier alpha value is -1.10. The van der Waals surface area contributed by atoms with E-state index < -0.39 is 5.82 Å². The Morgan fingerprint density at radius 1 is 1.44 bits per heavy atom. The van der Waals surface area contributed by atoms with Gasteiger partial charge in [-0.05, 0) is 18.6 Å². The van der Waals surface area contributed by atoms with Crippen LogP contribution >= 0.6 is 15.9 Å². The average Bonchev–Trinajstić information content (AvgIpc) is 2.33. The molecule has 0 saturated heterocycles. The standard InChI is InChI=1S/C13H17BrFNO2/c1-2-3-7-16(8-6-14)13(18)11-5-4-10(15)9-12(11)17/h4-5,9,17H,2-3,6-8H2,1H3. The highest BCUT2D eigenvalue weighted by atomic mass is 79.9. The number of unbranched alkanes of at least 4 members (excludes halogenated alkanes) is 1. The molecule has 0 aliphatic heterocycles. The van der Waals surface area contributed by atoms with Crippen molar-refractivity contribution in [3.05, 3.63) is 29.6 Å². The maximum absolute atomic E-state index is 12.9. The zero-order chi connectivity index (χ0) is 13.5. The molecule has 0 saturated carbocycles. The first-order valence-electron chi connectivity index (χ1n) is 5.94. The van der Waals surface area contributed by atoms with Crippen LogP contribution in [0.1, 0.15) is 30.1 Å². The summed E-state index contributed by atoms with van der Waals surface area (Å²) in [7, 11) is 0. The summed E-state index contributed by atoms with van der Waals surface area (Å²) in [5.41, 5.74) is 0.147. The summed E-state index contributed by atoms with van der Waals surface area (Å²) in [5.74, 6) is -1.12. The van der Waals surface area contributed by atoms with Crippen molar-refractivity contribution in [1.29, 1.82) is 0 Å². The van der Waals surface area contributed by atoms with Crippen LogP contribution in [0.4, 0.5) is 4.39 Å². The summed E-state index contributed by atoms with van der Waals surface area (Å²) < 4.78 is 12.9. The number of hydrogen-bond acceptors (Lipinski definition) is 2. The number of rotatable bonds is 6. The van der Waals surface area contributed by atoms with Crippen molar-refractivity contribution in [2.75, 3.05) is 18.4 Å². The number of aromatic hydroxyl groups is 1. The molecular formula is C13H17BrFNO2. The minimum atomic E-state index is -0.551. The molecule has 100 valence electrons. The first-order chi connectivity index (χ1) is 8.60. The molecule has 3 nitrogen and oxygen atoms in total. The Morgan fingerprint density at radius 2 is 2.17 bits per heavy atom. The first-order valence-corrected chi connectivity index (χ1v) is 7.06. The smallest absolute Gasteiger partial charge is 0.257 e. The lowest BCUT2D eigenvalue weighted by atomic mass is 10.1. The molecule has 0 radical (unpaired) electrons. The number of alkyl halides is 1. The lowest BCUT2D eigenvalue weighted by Crippen LogP contribution is -2.33. The summed E-state index contributed by atoms with van der Waals surface area (Å²) in [6, 6.07) is 3.46. The molecule has 1 rings (SSSR count). The number of carbonyl (C=O) groups excluding carboxylic acids is 1. The van der Waals surface area contributed by atoms with Crippen LogP contribution in [0.2, 0.25) is 0 Å². The molecule has 1 amide bonds. The van der Waals surface area contributed by atoms with Crippen molar-refractivity contribution in [1.82, 2.24) is 4.90 Å². The van der Waals surface area contributed by atoms with Crippen LogP contribution in [-0.4, -0.2) is 34.3 Å². The number of phenolic OH excluding ortho intramolecular Hbond substituents is 1. The molecule has 0 fully saturated rings. The summed E-state index contributed by atoms with van der Waals surface area (Å²) in [6.07, 6.45) is 1.89. The Kier molecular flexibility index (Phi) is 6.12. The van der Waals surface area contributed by atoms with Gasteiger partial charge < -0.3 is 10.0 Å². The van der Waals surface area contributed by atoms with Gasteiger partial charge in [0, 0.05) is 24.5 Å². The van der Waals surface area contributed by atoms with Gasteiger partial charge in [0.25, 0.3) is 5.91 Å². The van der Waals surface area contributed by atoms with E-state index in [4.69, 9.17) is 0 Å². The van der Waals surface area contributed by atoms with Gasteiger partial charge in [0.2, 0.25) is 0 Å². The molecular weight excluding hydrogens is 301 g/mol. The molecule has 0 aliphatic carbocycles. The SMILES string of the molecule is CCCCN(CCBr)C(=O)c1ccc(F)cc1O. The van der Waals surface area contributed by atoms with Gasteiger partial charge in [0.15, 0.2) is 0 Å². The fourth-order valence-electron chi connectivity index (χ4n) is 1.62. The Morgan fingerprint density at radius 3 is 2.72 bits per heavy atom. The molecule has 0 unspecified atom stereocenters. The van der Waals surface area contributed by atoms with E-state index in [0.29, 0.717) is 18.4 Å². The number of halogens is 2. The highest BCUT2D eigenvalue weighted by molar-refractivity contribution is 9.09. The van der Waals surface area contributed by atoms with Crippen LogP contribution in [0.25, 0.3) is 0 Å². The average molecular weight is 318 g/mol. The third-order valence-corrected chi connectivity index (χ3v) is 2.97. The number of nitrogens with zero attached hydrogens (tertiary/aromatic N) is 1. The predicted molar refractivity (Wildman–Crippen MR) is 72.7 cm³/mol.